The number of nitrogens with zero attached hydrogens (tertiary/aromatic N) is 3. The molecule has 0 atom stereocenters. The fourth-order valence-electron chi connectivity index (χ4n) is 2.78. The minimum Gasteiger partial charge on any atom is -0.494 e. The van der Waals surface area contributed by atoms with Gasteiger partial charge < -0.3 is 15.4 Å². The summed E-state index contributed by atoms with van der Waals surface area (Å²) in [5.74, 6) is 1.72. The predicted octanol–water partition coefficient (Wildman–Crippen LogP) is 3.10. The molecule has 2 aromatic carbocycles. The number of hydrogen-bond donors (Lipinski definition) is 2. The monoisotopic (exact) mass is 365 g/mol. The maximum atomic E-state index is 5.88. The van der Waals surface area contributed by atoms with E-state index in [1.807, 2.05) is 36.0 Å². The lowest BCUT2D eigenvalue weighted by Gasteiger charge is -2.12. The number of ether oxygens (including phenoxy) is 1. The van der Waals surface area contributed by atoms with Gasteiger partial charge in [-0.2, -0.15) is 5.10 Å². The molecule has 0 unspecified atom stereocenters. The molecule has 27 heavy (non-hydrogen) atoms. The second-order valence-electron chi connectivity index (χ2n) is 6.28. The zero-order valence-electron chi connectivity index (χ0n) is 16.0. The summed E-state index contributed by atoms with van der Waals surface area (Å²) in [6, 6.07) is 16.5. The first-order valence-electron chi connectivity index (χ1n) is 9.37. The van der Waals surface area contributed by atoms with E-state index in [0.717, 1.165) is 36.9 Å². The van der Waals surface area contributed by atoms with Gasteiger partial charge >= 0.3 is 0 Å². The number of hydrogen-bond acceptors (Lipinski definition) is 3. The van der Waals surface area contributed by atoms with E-state index in [2.05, 4.69) is 51.9 Å². The largest absolute Gasteiger partial charge is 0.494 e. The standard InChI is InChI=1S/C21H27N5O/c1-3-22-21(24-16-19-11-13-25-26(19)2)23-12-6-14-27-20-10-9-17-7-4-5-8-18(17)15-20/h4-5,7-11,13,15H,3,6,12,14,16H2,1-2H3,(H2,22,23,24). The van der Waals surface area contributed by atoms with Crippen molar-refractivity contribution in [1.82, 2.24) is 20.4 Å². The first-order chi connectivity index (χ1) is 13.3. The molecular formula is C21H27N5O. The van der Waals surface area contributed by atoms with Gasteiger partial charge in [0.05, 0.1) is 18.8 Å². The van der Waals surface area contributed by atoms with Crippen LogP contribution in [0.3, 0.4) is 0 Å². The van der Waals surface area contributed by atoms with Crippen molar-refractivity contribution in [2.45, 2.75) is 19.9 Å². The van der Waals surface area contributed by atoms with Gasteiger partial charge in [-0.05, 0) is 42.3 Å². The van der Waals surface area contributed by atoms with Gasteiger partial charge in [0.15, 0.2) is 5.96 Å². The molecule has 0 aliphatic heterocycles. The summed E-state index contributed by atoms with van der Waals surface area (Å²) in [5, 5.41) is 13.2. The van der Waals surface area contributed by atoms with Crippen molar-refractivity contribution in [2.75, 3.05) is 19.7 Å². The summed E-state index contributed by atoms with van der Waals surface area (Å²) in [7, 11) is 1.93. The SMILES string of the molecule is CCNC(=NCc1ccnn1C)NCCCOc1ccc2ccccc2c1. The van der Waals surface area contributed by atoms with Crippen molar-refractivity contribution >= 4 is 16.7 Å². The summed E-state index contributed by atoms with van der Waals surface area (Å²) in [6.07, 6.45) is 2.68. The lowest BCUT2D eigenvalue weighted by molar-refractivity contribution is 0.311. The molecule has 3 aromatic rings. The molecule has 0 fully saturated rings. The van der Waals surface area contributed by atoms with Crippen molar-refractivity contribution in [3.63, 3.8) is 0 Å². The predicted molar refractivity (Wildman–Crippen MR) is 110 cm³/mol. The highest BCUT2D eigenvalue weighted by atomic mass is 16.5. The Kier molecular flexibility index (Phi) is 6.68. The van der Waals surface area contributed by atoms with Crippen molar-refractivity contribution in [1.29, 1.82) is 0 Å². The third-order valence-corrected chi connectivity index (χ3v) is 4.27. The van der Waals surface area contributed by atoms with Gasteiger partial charge in [0.25, 0.3) is 0 Å². The van der Waals surface area contributed by atoms with E-state index in [-0.39, 0.29) is 0 Å². The van der Waals surface area contributed by atoms with Crippen LogP contribution in [0, 0.1) is 0 Å². The summed E-state index contributed by atoms with van der Waals surface area (Å²) in [4.78, 5) is 4.60. The zero-order valence-corrected chi connectivity index (χ0v) is 16.0. The van der Waals surface area contributed by atoms with Gasteiger partial charge in [-0.15, -0.1) is 0 Å². The first-order valence-corrected chi connectivity index (χ1v) is 9.37. The van der Waals surface area contributed by atoms with Crippen LogP contribution in [-0.4, -0.2) is 35.4 Å². The van der Waals surface area contributed by atoms with E-state index in [1.165, 1.54) is 10.8 Å². The van der Waals surface area contributed by atoms with Crippen LogP contribution in [0.1, 0.15) is 19.0 Å². The Morgan fingerprint density at radius 3 is 2.74 bits per heavy atom. The molecule has 0 amide bonds. The molecule has 0 saturated heterocycles. The van der Waals surface area contributed by atoms with Crippen LogP contribution in [0.2, 0.25) is 0 Å². The highest BCUT2D eigenvalue weighted by Gasteiger charge is 2.01. The Morgan fingerprint density at radius 2 is 1.96 bits per heavy atom. The number of aliphatic imine (C=N–C) groups is 1. The molecule has 2 N–H and O–H groups in total. The van der Waals surface area contributed by atoms with E-state index in [9.17, 15) is 0 Å². The van der Waals surface area contributed by atoms with Crippen LogP contribution in [0.25, 0.3) is 10.8 Å². The first kappa shape index (κ1) is 18.8. The van der Waals surface area contributed by atoms with Crippen LogP contribution in [0.15, 0.2) is 59.7 Å². The Morgan fingerprint density at radius 1 is 1.11 bits per heavy atom. The molecule has 0 saturated carbocycles. The molecule has 0 spiro atoms. The fourth-order valence-corrected chi connectivity index (χ4v) is 2.78. The molecule has 1 aromatic heterocycles. The van der Waals surface area contributed by atoms with E-state index in [0.29, 0.717) is 13.2 Å². The molecular weight excluding hydrogens is 338 g/mol. The lowest BCUT2D eigenvalue weighted by Crippen LogP contribution is -2.38. The summed E-state index contributed by atoms with van der Waals surface area (Å²) in [5.41, 5.74) is 1.08. The normalized spacial score (nSPS) is 11.6. The van der Waals surface area contributed by atoms with E-state index < -0.39 is 0 Å². The topological polar surface area (TPSA) is 63.5 Å². The smallest absolute Gasteiger partial charge is 0.191 e. The van der Waals surface area contributed by atoms with Crippen LogP contribution < -0.4 is 15.4 Å². The van der Waals surface area contributed by atoms with Crippen LogP contribution in [0.5, 0.6) is 5.75 Å². The third-order valence-electron chi connectivity index (χ3n) is 4.27. The van der Waals surface area contributed by atoms with E-state index in [1.54, 1.807) is 6.20 Å². The van der Waals surface area contributed by atoms with Crippen LogP contribution >= 0.6 is 0 Å². The van der Waals surface area contributed by atoms with Crippen molar-refractivity contribution in [3.8, 4) is 5.75 Å². The highest BCUT2D eigenvalue weighted by Crippen LogP contribution is 2.20. The Bertz CT molecular complexity index is 887. The second kappa shape index (κ2) is 9.62. The number of benzene rings is 2. The van der Waals surface area contributed by atoms with Gasteiger partial charge in [0, 0.05) is 26.3 Å². The molecule has 3 rings (SSSR count). The number of guanidine groups is 1. The van der Waals surface area contributed by atoms with Gasteiger partial charge in [0.1, 0.15) is 5.75 Å². The summed E-state index contributed by atoms with van der Waals surface area (Å²) >= 11 is 0. The quantitative estimate of drug-likeness (QED) is 0.366. The maximum Gasteiger partial charge on any atom is 0.191 e. The average molecular weight is 365 g/mol. The average Bonchev–Trinajstić information content (AvgIpc) is 3.10. The fraction of sp³-hybridized carbons (Fsp3) is 0.333. The highest BCUT2D eigenvalue weighted by molar-refractivity contribution is 5.83. The number of fused-ring (bicyclic) bond motifs is 1. The van der Waals surface area contributed by atoms with Gasteiger partial charge in [-0.25, -0.2) is 4.99 Å². The number of aryl methyl sites for hydroxylation is 1. The van der Waals surface area contributed by atoms with Gasteiger partial charge in [-0.3, -0.25) is 4.68 Å². The molecule has 142 valence electrons. The Labute approximate surface area is 160 Å². The number of nitrogens with one attached hydrogen (secondary N) is 2. The molecule has 6 nitrogen and oxygen atoms in total. The Balaban J connectivity index is 1.43. The minimum atomic E-state index is 0.597. The van der Waals surface area contributed by atoms with E-state index >= 15 is 0 Å². The second-order valence-corrected chi connectivity index (χ2v) is 6.28. The van der Waals surface area contributed by atoms with Gasteiger partial charge in [0.2, 0.25) is 0 Å². The van der Waals surface area contributed by atoms with Crippen molar-refractivity contribution < 1.29 is 4.74 Å². The molecule has 0 radical (unpaired) electrons. The molecule has 1 heterocycles. The van der Waals surface area contributed by atoms with E-state index in [4.69, 9.17) is 4.74 Å². The summed E-state index contributed by atoms with van der Waals surface area (Å²) < 4.78 is 7.72. The van der Waals surface area contributed by atoms with Crippen molar-refractivity contribution in [3.05, 3.63) is 60.4 Å². The van der Waals surface area contributed by atoms with Crippen molar-refractivity contribution in [2.24, 2.45) is 12.0 Å². The third kappa shape index (κ3) is 5.48. The van der Waals surface area contributed by atoms with Crippen LogP contribution in [-0.2, 0) is 13.6 Å². The zero-order chi connectivity index (χ0) is 18.9. The maximum absolute atomic E-state index is 5.88. The number of rotatable bonds is 8. The van der Waals surface area contributed by atoms with Gasteiger partial charge in [-0.1, -0.05) is 30.3 Å². The molecule has 0 aliphatic rings. The number of aromatic nitrogens is 2. The molecule has 6 heteroatoms. The molecule has 0 bridgehead atoms. The molecule has 0 aliphatic carbocycles. The Hall–Kier alpha value is -3.02. The van der Waals surface area contributed by atoms with Crippen LogP contribution in [0.4, 0.5) is 0 Å². The summed E-state index contributed by atoms with van der Waals surface area (Å²) in [6.45, 7) is 4.94. The lowest BCUT2D eigenvalue weighted by atomic mass is 10.1. The minimum absolute atomic E-state index is 0.597.